The van der Waals surface area contributed by atoms with Gasteiger partial charge in [0.1, 0.15) is 15.4 Å². The number of halogens is 2. The lowest BCUT2D eigenvalue weighted by molar-refractivity contribution is -0.145. The van der Waals surface area contributed by atoms with Crippen LogP contribution in [0.1, 0.15) is 18.9 Å². The van der Waals surface area contributed by atoms with Gasteiger partial charge in [0, 0.05) is 9.37 Å². The Hall–Kier alpha value is -1.05. The van der Waals surface area contributed by atoms with E-state index in [-0.39, 0.29) is 0 Å². The highest BCUT2D eigenvalue weighted by atomic mass is 79.9. The fourth-order valence-corrected chi connectivity index (χ4v) is 4.29. The number of pyridine rings is 1. The Bertz CT molecular complexity index is 704. The van der Waals surface area contributed by atoms with Crippen molar-refractivity contribution >= 4 is 49.6 Å². The number of aromatic nitrogens is 1. The zero-order valence-electron chi connectivity index (χ0n) is 12.5. The summed E-state index contributed by atoms with van der Waals surface area (Å²) in [6.45, 7) is 3.69. The minimum absolute atomic E-state index is 0.418. The second-order valence-corrected chi connectivity index (χ2v) is 7.65. The Labute approximate surface area is 155 Å². The zero-order valence-corrected chi connectivity index (χ0v) is 16.5. The molecule has 0 aliphatic carbocycles. The zero-order chi connectivity index (χ0) is 17.0. The molecule has 23 heavy (non-hydrogen) atoms. The van der Waals surface area contributed by atoms with Crippen molar-refractivity contribution in [3.05, 3.63) is 45.0 Å². The van der Waals surface area contributed by atoms with Gasteiger partial charge in [-0.05, 0) is 65.2 Å². The number of carboxylic acids is 1. The minimum atomic E-state index is -0.950. The fraction of sp³-hybridized carbons (Fsp3) is 0.250. The third-order valence-corrected chi connectivity index (χ3v) is 4.79. The van der Waals surface area contributed by atoms with Crippen molar-refractivity contribution in [3.8, 4) is 5.75 Å². The minimum Gasteiger partial charge on any atom is -0.479 e. The molecule has 1 heterocycles. The molecule has 122 valence electrons. The molecular formula is C16H15Br2NO3S. The molecule has 0 spiro atoms. The van der Waals surface area contributed by atoms with Gasteiger partial charge in [0.15, 0.2) is 6.10 Å². The van der Waals surface area contributed by atoms with Crippen LogP contribution in [0.2, 0.25) is 0 Å². The first-order valence-electron chi connectivity index (χ1n) is 6.90. The molecule has 1 unspecified atom stereocenters. The number of nitrogens with zero attached hydrogens (tertiary/aromatic N) is 1. The van der Waals surface area contributed by atoms with Crippen LogP contribution in [0, 0.1) is 6.92 Å². The fourth-order valence-electron chi connectivity index (χ4n) is 1.90. The topological polar surface area (TPSA) is 59.4 Å². The SMILES string of the molecule is CCC(Oc1ccc(Sc2cc(Br)cc(Br)n2)cc1C)C(=O)O. The molecule has 0 bridgehead atoms. The molecule has 1 N–H and O–H groups in total. The van der Waals surface area contributed by atoms with E-state index in [2.05, 4.69) is 36.8 Å². The van der Waals surface area contributed by atoms with E-state index in [9.17, 15) is 4.79 Å². The van der Waals surface area contributed by atoms with Crippen molar-refractivity contribution < 1.29 is 14.6 Å². The number of carbonyl (C=O) groups is 1. The van der Waals surface area contributed by atoms with Crippen LogP contribution in [0.5, 0.6) is 5.75 Å². The first-order valence-corrected chi connectivity index (χ1v) is 9.30. The number of ether oxygens (including phenoxy) is 1. The van der Waals surface area contributed by atoms with Crippen LogP contribution in [0.3, 0.4) is 0 Å². The summed E-state index contributed by atoms with van der Waals surface area (Å²) in [5.74, 6) is -0.361. The lowest BCUT2D eigenvalue weighted by Gasteiger charge is -2.15. The summed E-state index contributed by atoms with van der Waals surface area (Å²) in [6.07, 6.45) is -0.406. The van der Waals surface area contributed by atoms with Crippen LogP contribution >= 0.6 is 43.6 Å². The molecule has 0 radical (unpaired) electrons. The Balaban J connectivity index is 2.17. The number of hydrogen-bond donors (Lipinski definition) is 1. The number of hydrogen-bond acceptors (Lipinski definition) is 4. The van der Waals surface area contributed by atoms with E-state index >= 15 is 0 Å². The second kappa shape index (κ2) is 8.17. The molecule has 0 aliphatic heterocycles. The van der Waals surface area contributed by atoms with Crippen LogP contribution in [0.25, 0.3) is 0 Å². The average molecular weight is 461 g/mol. The first kappa shape index (κ1) is 18.3. The largest absolute Gasteiger partial charge is 0.479 e. The van der Waals surface area contributed by atoms with Crippen molar-refractivity contribution in [1.82, 2.24) is 4.98 Å². The lowest BCUT2D eigenvalue weighted by Crippen LogP contribution is -2.26. The first-order chi connectivity index (χ1) is 10.9. The summed E-state index contributed by atoms with van der Waals surface area (Å²) >= 11 is 8.34. The van der Waals surface area contributed by atoms with Gasteiger partial charge in [-0.1, -0.05) is 34.6 Å². The molecule has 0 saturated heterocycles. The molecule has 0 saturated carbocycles. The standard InChI is InChI=1S/C16H15Br2NO3S/c1-3-12(16(20)21)22-13-5-4-11(6-9(13)2)23-15-8-10(17)7-14(18)19-15/h4-8,12H,3H2,1-2H3,(H,20,21). The maximum atomic E-state index is 11.1. The third-order valence-electron chi connectivity index (χ3n) is 3.02. The molecule has 0 fully saturated rings. The van der Waals surface area contributed by atoms with Crippen LogP contribution < -0.4 is 4.74 Å². The van der Waals surface area contributed by atoms with Gasteiger partial charge in [0.2, 0.25) is 0 Å². The number of rotatable bonds is 6. The highest BCUT2D eigenvalue weighted by molar-refractivity contribution is 9.11. The number of aliphatic carboxylic acids is 1. The predicted octanol–water partition coefficient (Wildman–Crippen LogP) is 5.31. The summed E-state index contributed by atoms with van der Waals surface area (Å²) in [4.78, 5) is 16.5. The Morgan fingerprint density at radius 2 is 2.09 bits per heavy atom. The number of benzene rings is 1. The number of carboxylic acid groups (broad SMARTS) is 1. The van der Waals surface area contributed by atoms with Gasteiger partial charge in [-0.25, -0.2) is 9.78 Å². The van der Waals surface area contributed by atoms with Gasteiger partial charge in [0.25, 0.3) is 0 Å². The smallest absolute Gasteiger partial charge is 0.344 e. The molecule has 4 nitrogen and oxygen atoms in total. The van der Waals surface area contributed by atoms with Crippen molar-refractivity contribution in [2.45, 2.75) is 36.3 Å². The molecule has 1 aromatic carbocycles. The molecule has 7 heteroatoms. The lowest BCUT2D eigenvalue weighted by atomic mass is 10.2. The van der Waals surface area contributed by atoms with E-state index < -0.39 is 12.1 Å². The summed E-state index contributed by atoms with van der Waals surface area (Å²) < 4.78 is 7.27. The van der Waals surface area contributed by atoms with Gasteiger partial charge in [-0.2, -0.15) is 0 Å². The van der Waals surface area contributed by atoms with Crippen molar-refractivity contribution in [2.75, 3.05) is 0 Å². The molecular weight excluding hydrogens is 446 g/mol. The van der Waals surface area contributed by atoms with Crippen LogP contribution in [-0.2, 0) is 4.79 Å². The predicted molar refractivity (Wildman–Crippen MR) is 97.3 cm³/mol. The van der Waals surface area contributed by atoms with Crippen molar-refractivity contribution in [2.24, 2.45) is 0 Å². The molecule has 2 rings (SSSR count). The van der Waals surface area contributed by atoms with E-state index in [1.54, 1.807) is 13.0 Å². The third kappa shape index (κ3) is 5.22. The summed E-state index contributed by atoms with van der Waals surface area (Å²) in [5, 5.41) is 9.94. The van der Waals surface area contributed by atoms with E-state index in [0.29, 0.717) is 12.2 Å². The quantitative estimate of drug-likeness (QED) is 0.592. The molecule has 1 atom stereocenters. The molecule has 0 amide bonds. The van der Waals surface area contributed by atoms with Crippen LogP contribution in [-0.4, -0.2) is 22.2 Å². The monoisotopic (exact) mass is 459 g/mol. The number of aryl methyl sites for hydroxylation is 1. The van der Waals surface area contributed by atoms with Gasteiger partial charge >= 0.3 is 5.97 Å². The van der Waals surface area contributed by atoms with E-state index in [1.165, 1.54) is 11.8 Å². The summed E-state index contributed by atoms with van der Waals surface area (Å²) in [7, 11) is 0. The van der Waals surface area contributed by atoms with Gasteiger partial charge < -0.3 is 9.84 Å². The van der Waals surface area contributed by atoms with Gasteiger partial charge in [0.05, 0.1) is 0 Å². The highest BCUT2D eigenvalue weighted by Gasteiger charge is 2.17. The van der Waals surface area contributed by atoms with Crippen molar-refractivity contribution in [1.29, 1.82) is 0 Å². The van der Waals surface area contributed by atoms with E-state index in [1.807, 2.05) is 31.2 Å². The Morgan fingerprint density at radius 1 is 1.35 bits per heavy atom. The highest BCUT2D eigenvalue weighted by Crippen LogP contribution is 2.32. The maximum absolute atomic E-state index is 11.1. The maximum Gasteiger partial charge on any atom is 0.344 e. The molecule has 1 aromatic heterocycles. The van der Waals surface area contributed by atoms with Gasteiger partial charge in [-0.3, -0.25) is 0 Å². The molecule has 2 aromatic rings. The van der Waals surface area contributed by atoms with Crippen molar-refractivity contribution in [3.63, 3.8) is 0 Å². The normalized spacial score (nSPS) is 12.0. The Morgan fingerprint density at radius 3 is 2.65 bits per heavy atom. The van der Waals surface area contributed by atoms with E-state index in [0.717, 1.165) is 24.6 Å². The van der Waals surface area contributed by atoms with Crippen LogP contribution in [0.4, 0.5) is 0 Å². The summed E-state index contributed by atoms with van der Waals surface area (Å²) in [6, 6.07) is 9.48. The van der Waals surface area contributed by atoms with Gasteiger partial charge in [-0.15, -0.1) is 0 Å². The Kier molecular flexibility index (Phi) is 6.50. The molecule has 0 aliphatic rings. The van der Waals surface area contributed by atoms with E-state index in [4.69, 9.17) is 9.84 Å². The summed E-state index contributed by atoms with van der Waals surface area (Å²) in [5.41, 5.74) is 0.892. The van der Waals surface area contributed by atoms with Crippen LogP contribution in [0.15, 0.2) is 49.3 Å². The average Bonchev–Trinajstić information content (AvgIpc) is 2.45. The second-order valence-electron chi connectivity index (χ2n) is 4.83.